The fourth-order valence-electron chi connectivity index (χ4n) is 2.00. The summed E-state index contributed by atoms with van der Waals surface area (Å²) >= 11 is 0. The Bertz CT molecular complexity index is 153. The lowest BCUT2D eigenvalue weighted by Gasteiger charge is -2.20. The van der Waals surface area contributed by atoms with Gasteiger partial charge in [-0.1, -0.05) is 20.3 Å². The van der Waals surface area contributed by atoms with Gasteiger partial charge in [-0.25, -0.2) is 0 Å². The molecule has 17 heavy (non-hydrogen) atoms. The van der Waals surface area contributed by atoms with E-state index in [0.717, 1.165) is 32.8 Å². The molecule has 0 aromatic heterocycles. The number of hydrogen-bond donors (Lipinski definition) is 1. The van der Waals surface area contributed by atoms with E-state index in [0.29, 0.717) is 6.04 Å². The maximum Gasteiger partial charge on any atom is 0.0593 e. The van der Waals surface area contributed by atoms with Gasteiger partial charge in [0.25, 0.3) is 0 Å². The van der Waals surface area contributed by atoms with Gasteiger partial charge in [0, 0.05) is 19.2 Å². The molecule has 0 aliphatic rings. The fourth-order valence-corrected chi connectivity index (χ4v) is 2.00. The molecule has 0 spiro atoms. The third-order valence-corrected chi connectivity index (χ3v) is 3.12. The van der Waals surface area contributed by atoms with Crippen LogP contribution in [-0.2, 0) is 4.74 Å². The van der Waals surface area contributed by atoms with Gasteiger partial charge in [0.2, 0.25) is 0 Å². The average molecular weight is 244 g/mol. The van der Waals surface area contributed by atoms with Gasteiger partial charge in [-0.15, -0.1) is 0 Å². The maximum absolute atomic E-state index is 5.39. The highest BCUT2D eigenvalue weighted by molar-refractivity contribution is 4.61. The highest BCUT2D eigenvalue weighted by Crippen LogP contribution is 2.02. The molecule has 0 fully saturated rings. The molecule has 0 radical (unpaired) electrons. The smallest absolute Gasteiger partial charge is 0.0593 e. The van der Waals surface area contributed by atoms with Crippen LogP contribution in [-0.4, -0.2) is 50.3 Å². The largest absolute Gasteiger partial charge is 0.380 e. The summed E-state index contributed by atoms with van der Waals surface area (Å²) in [5.41, 5.74) is 0. The summed E-state index contributed by atoms with van der Waals surface area (Å²) in [5.74, 6) is 0. The molecule has 0 aliphatic heterocycles. The number of likely N-dealkylation sites (N-methyl/N-ethyl adjacent to an activating group) is 1. The van der Waals surface area contributed by atoms with Gasteiger partial charge < -0.3 is 15.0 Å². The summed E-state index contributed by atoms with van der Waals surface area (Å²) < 4.78 is 5.39. The zero-order valence-electron chi connectivity index (χ0n) is 12.3. The molecule has 1 atom stereocenters. The van der Waals surface area contributed by atoms with Crippen LogP contribution in [0.1, 0.15) is 47.0 Å². The molecule has 0 heterocycles. The first-order chi connectivity index (χ1) is 8.24. The third-order valence-electron chi connectivity index (χ3n) is 3.12. The lowest BCUT2D eigenvalue weighted by atomic mass is 10.1. The van der Waals surface area contributed by atoms with Crippen molar-refractivity contribution in [3.63, 3.8) is 0 Å². The summed E-state index contributed by atoms with van der Waals surface area (Å²) in [7, 11) is 0. The summed E-state index contributed by atoms with van der Waals surface area (Å²) in [6, 6.07) is 0.665. The molecule has 104 valence electrons. The SMILES string of the molecule is CCNC(C)CCCCN(CC)CCOCC. The normalized spacial score (nSPS) is 13.2. The highest BCUT2D eigenvalue weighted by Gasteiger charge is 2.03. The second kappa shape index (κ2) is 12.3. The lowest BCUT2D eigenvalue weighted by molar-refractivity contribution is 0.114. The van der Waals surface area contributed by atoms with Gasteiger partial charge in [-0.3, -0.25) is 0 Å². The van der Waals surface area contributed by atoms with Crippen molar-refractivity contribution in [3.8, 4) is 0 Å². The molecule has 0 aromatic rings. The van der Waals surface area contributed by atoms with Crippen molar-refractivity contribution < 1.29 is 4.74 Å². The van der Waals surface area contributed by atoms with Gasteiger partial charge in [-0.05, 0) is 46.3 Å². The summed E-state index contributed by atoms with van der Waals surface area (Å²) in [6.45, 7) is 14.9. The molecule has 0 aromatic carbocycles. The number of hydrogen-bond acceptors (Lipinski definition) is 3. The topological polar surface area (TPSA) is 24.5 Å². The molecule has 3 heteroatoms. The Morgan fingerprint density at radius 1 is 1.12 bits per heavy atom. The van der Waals surface area contributed by atoms with E-state index in [4.69, 9.17) is 4.74 Å². The highest BCUT2D eigenvalue weighted by atomic mass is 16.5. The molecule has 0 saturated carbocycles. The minimum absolute atomic E-state index is 0.665. The van der Waals surface area contributed by atoms with Gasteiger partial charge in [-0.2, -0.15) is 0 Å². The van der Waals surface area contributed by atoms with Gasteiger partial charge >= 0.3 is 0 Å². The van der Waals surface area contributed by atoms with Crippen molar-refractivity contribution in [2.75, 3.05) is 39.4 Å². The first-order valence-corrected chi connectivity index (χ1v) is 7.28. The third kappa shape index (κ3) is 10.7. The van der Waals surface area contributed by atoms with Crippen LogP contribution < -0.4 is 5.32 Å². The zero-order valence-corrected chi connectivity index (χ0v) is 12.3. The standard InChI is InChI=1S/C14H32N2O/c1-5-15-14(4)10-8-9-11-16(6-2)12-13-17-7-3/h14-15H,5-13H2,1-4H3. The number of rotatable bonds is 12. The Balaban J connectivity index is 3.42. The average Bonchev–Trinajstić information content (AvgIpc) is 2.32. The molecular weight excluding hydrogens is 212 g/mol. The van der Waals surface area contributed by atoms with Gasteiger partial charge in [0.15, 0.2) is 0 Å². The number of unbranched alkanes of at least 4 members (excludes halogenated alkanes) is 1. The van der Waals surface area contributed by atoms with Crippen molar-refractivity contribution >= 4 is 0 Å². The predicted molar refractivity (Wildman–Crippen MR) is 75.6 cm³/mol. The van der Waals surface area contributed by atoms with E-state index in [1.54, 1.807) is 0 Å². The summed E-state index contributed by atoms with van der Waals surface area (Å²) in [6.07, 6.45) is 3.91. The van der Waals surface area contributed by atoms with E-state index in [1.807, 2.05) is 0 Å². The molecule has 3 nitrogen and oxygen atoms in total. The quantitative estimate of drug-likeness (QED) is 0.534. The predicted octanol–water partition coefficient (Wildman–Crippen LogP) is 2.51. The monoisotopic (exact) mass is 244 g/mol. The van der Waals surface area contributed by atoms with E-state index in [9.17, 15) is 0 Å². The Labute approximate surface area is 108 Å². The first-order valence-electron chi connectivity index (χ1n) is 7.28. The first kappa shape index (κ1) is 16.9. The van der Waals surface area contributed by atoms with Gasteiger partial charge in [0.1, 0.15) is 0 Å². The van der Waals surface area contributed by atoms with E-state index in [1.165, 1.54) is 25.8 Å². The molecule has 0 saturated heterocycles. The van der Waals surface area contributed by atoms with Crippen LogP contribution in [0.2, 0.25) is 0 Å². The van der Waals surface area contributed by atoms with Gasteiger partial charge in [0.05, 0.1) is 6.61 Å². The molecule has 0 bridgehead atoms. The second-order valence-electron chi connectivity index (χ2n) is 4.59. The number of nitrogens with zero attached hydrogens (tertiary/aromatic N) is 1. The molecule has 0 aliphatic carbocycles. The van der Waals surface area contributed by atoms with E-state index in [2.05, 4.69) is 37.9 Å². The summed E-state index contributed by atoms with van der Waals surface area (Å²) in [5, 5.41) is 3.46. The molecular formula is C14H32N2O. The summed E-state index contributed by atoms with van der Waals surface area (Å²) in [4.78, 5) is 2.48. The Hall–Kier alpha value is -0.120. The lowest BCUT2D eigenvalue weighted by Crippen LogP contribution is -2.29. The van der Waals surface area contributed by atoms with Crippen LogP contribution in [0.4, 0.5) is 0 Å². The Morgan fingerprint density at radius 2 is 1.88 bits per heavy atom. The molecule has 0 rings (SSSR count). The molecule has 1 unspecified atom stereocenters. The van der Waals surface area contributed by atoms with Crippen LogP contribution in [0.15, 0.2) is 0 Å². The van der Waals surface area contributed by atoms with Crippen LogP contribution in [0.3, 0.4) is 0 Å². The van der Waals surface area contributed by atoms with Crippen molar-refractivity contribution in [2.24, 2.45) is 0 Å². The van der Waals surface area contributed by atoms with Crippen LogP contribution in [0.25, 0.3) is 0 Å². The van der Waals surface area contributed by atoms with Crippen LogP contribution in [0, 0.1) is 0 Å². The van der Waals surface area contributed by atoms with Crippen molar-refractivity contribution in [1.82, 2.24) is 10.2 Å². The number of ether oxygens (including phenoxy) is 1. The number of nitrogens with one attached hydrogen (secondary N) is 1. The van der Waals surface area contributed by atoms with Crippen molar-refractivity contribution in [3.05, 3.63) is 0 Å². The van der Waals surface area contributed by atoms with E-state index < -0.39 is 0 Å². The van der Waals surface area contributed by atoms with Crippen molar-refractivity contribution in [2.45, 2.75) is 53.0 Å². The minimum Gasteiger partial charge on any atom is -0.380 e. The molecule has 1 N–H and O–H groups in total. The Kier molecular flexibility index (Phi) is 12.3. The van der Waals surface area contributed by atoms with E-state index >= 15 is 0 Å². The molecule has 0 amide bonds. The fraction of sp³-hybridized carbons (Fsp3) is 1.00. The van der Waals surface area contributed by atoms with Crippen LogP contribution in [0.5, 0.6) is 0 Å². The Morgan fingerprint density at radius 3 is 2.47 bits per heavy atom. The minimum atomic E-state index is 0.665. The van der Waals surface area contributed by atoms with Crippen LogP contribution >= 0.6 is 0 Å². The zero-order chi connectivity index (χ0) is 12.9. The van der Waals surface area contributed by atoms with E-state index in [-0.39, 0.29) is 0 Å². The maximum atomic E-state index is 5.39. The van der Waals surface area contributed by atoms with Crippen molar-refractivity contribution in [1.29, 1.82) is 0 Å². The second-order valence-corrected chi connectivity index (χ2v) is 4.59.